The second-order valence-corrected chi connectivity index (χ2v) is 11.4. The van der Waals surface area contributed by atoms with Crippen LogP contribution in [0.3, 0.4) is 0 Å². The molecular weight excluding hydrogens is 601 g/mol. The van der Waals surface area contributed by atoms with Crippen LogP contribution in [0.1, 0.15) is 47.7 Å². The third kappa shape index (κ3) is 7.81. The van der Waals surface area contributed by atoms with Crippen molar-refractivity contribution >= 4 is 48.8 Å². The van der Waals surface area contributed by atoms with E-state index in [4.69, 9.17) is 29.9 Å². The zero-order chi connectivity index (χ0) is 31.3. The number of hydrogen-bond acceptors (Lipinski definition) is 9. The summed E-state index contributed by atoms with van der Waals surface area (Å²) in [6.45, 7) is 5.19. The first-order valence-corrected chi connectivity index (χ1v) is 14.8. The number of allylic oxidation sites excluding steroid dienone is 2. The maximum Gasteiger partial charge on any atom is 0.273 e. The third-order valence-corrected chi connectivity index (χ3v) is 7.92. The smallest absolute Gasteiger partial charge is 0.273 e. The van der Waals surface area contributed by atoms with Gasteiger partial charge in [-0.15, -0.1) is 4.80 Å². The highest BCUT2D eigenvalue weighted by Gasteiger charge is 2.44. The van der Waals surface area contributed by atoms with E-state index in [1.165, 1.54) is 42.1 Å². The van der Waals surface area contributed by atoms with Crippen LogP contribution in [0.2, 0.25) is 5.02 Å². The fourth-order valence-corrected chi connectivity index (χ4v) is 5.36. The summed E-state index contributed by atoms with van der Waals surface area (Å²) in [6, 6.07) is 5.79. The molecule has 2 fully saturated rings. The number of aryl methyl sites for hydroxylation is 1. The van der Waals surface area contributed by atoms with E-state index in [-0.39, 0.29) is 33.8 Å². The van der Waals surface area contributed by atoms with Crippen molar-refractivity contribution in [2.45, 2.75) is 37.9 Å². The molecule has 2 radical (unpaired) electrons. The Bertz CT molecular complexity index is 1610. The molecule has 1 aromatic carbocycles. The molecule has 10 nitrogen and oxygen atoms in total. The molecule has 1 saturated carbocycles. The molecule has 15 heteroatoms. The van der Waals surface area contributed by atoms with Crippen LogP contribution in [0, 0.1) is 12.7 Å². The lowest BCUT2D eigenvalue weighted by atomic mass is 10.1. The topological polar surface area (TPSA) is 141 Å². The van der Waals surface area contributed by atoms with Gasteiger partial charge in [0.15, 0.2) is 19.5 Å². The number of aliphatic imine (C=N–C) groups is 1. The van der Waals surface area contributed by atoms with Crippen LogP contribution in [-0.4, -0.2) is 68.1 Å². The lowest BCUT2D eigenvalue weighted by Gasteiger charge is -2.14. The molecule has 0 bridgehead atoms. The van der Waals surface area contributed by atoms with Gasteiger partial charge < -0.3 is 20.7 Å². The van der Waals surface area contributed by atoms with Gasteiger partial charge in [-0.2, -0.15) is 22.0 Å². The normalized spacial score (nSPS) is 19.3. The second-order valence-electron chi connectivity index (χ2n) is 9.80. The Morgan fingerprint density at radius 2 is 2.05 bits per heavy atom. The van der Waals surface area contributed by atoms with Crippen LogP contribution >= 0.6 is 23.4 Å². The average Bonchev–Trinajstić information content (AvgIpc) is 3.60. The van der Waals surface area contributed by atoms with Gasteiger partial charge >= 0.3 is 0 Å². The summed E-state index contributed by atoms with van der Waals surface area (Å²) in [4.78, 5) is 17.7. The summed E-state index contributed by atoms with van der Waals surface area (Å²) in [7, 11) is 5.17. The second kappa shape index (κ2) is 14.0. The van der Waals surface area contributed by atoms with E-state index >= 15 is 4.39 Å². The first-order chi connectivity index (χ1) is 20.4. The van der Waals surface area contributed by atoms with Crippen LogP contribution in [0.4, 0.5) is 14.5 Å². The van der Waals surface area contributed by atoms with Crippen molar-refractivity contribution in [3.63, 3.8) is 0 Å². The summed E-state index contributed by atoms with van der Waals surface area (Å²) in [5.41, 5.74) is 5.63. The van der Waals surface area contributed by atoms with Gasteiger partial charge in [0.25, 0.3) is 5.56 Å². The van der Waals surface area contributed by atoms with E-state index in [9.17, 15) is 19.4 Å². The van der Waals surface area contributed by atoms with Gasteiger partial charge in [0.05, 0.1) is 37.0 Å². The zero-order valence-corrected chi connectivity index (χ0v) is 25.0. The highest BCUT2D eigenvalue weighted by Crippen LogP contribution is 2.55. The Balaban J connectivity index is 0.000000628. The number of hydrogen-bond donors (Lipinski definition) is 3. The first-order valence-electron chi connectivity index (χ1n) is 13.3. The predicted octanol–water partition coefficient (Wildman–Crippen LogP) is 3.66. The summed E-state index contributed by atoms with van der Waals surface area (Å²) in [5, 5.41) is 26.4. The third-order valence-electron chi connectivity index (χ3n) is 6.63. The van der Waals surface area contributed by atoms with E-state index in [2.05, 4.69) is 15.2 Å². The number of thioether (sulfide) groups is 1. The number of aliphatic hydroxyl groups is 2. The number of rotatable bonds is 7. The van der Waals surface area contributed by atoms with Crippen LogP contribution < -0.4 is 11.3 Å². The molecule has 4 N–H and O–H groups in total. The fraction of sp³-hybridized carbons (Fsp3) is 0.357. The van der Waals surface area contributed by atoms with Gasteiger partial charge in [-0.05, 0) is 49.9 Å². The van der Waals surface area contributed by atoms with Crippen LogP contribution in [-0.2, 0) is 10.5 Å². The maximum absolute atomic E-state index is 15.4. The first kappa shape index (κ1) is 32.6. The van der Waals surface area contributed by atoms with Crippen molar-refractivity contribution in [1.29, 1.82) is 0 Å². The van der Waals surface area contributed by atoms with Gasteiger partial charge in [0, 0.05) is 34.9 Å². The molecule has 43 heavy (non-hydrogen) atoms. The number of ether oxygens (including phenoxy) is 1. The number of pyridine rings is 1. The van der Waals surface area contributed by atoms with E-state index in [1.54, 1.807) is 26.0 Å². The van der Waals surface area contributed by atoms with Crippen molar-refractivity contribution in [3.05, 3.63) is 92.3 Å². The van der Waals surface area contributed by atoms with Gasteiger partial charge in [0.2, 0.25) is 5.81 Å². The number of aromatic nitrogens is 4. The standard InChI is InChI=1S/C24H22BClF2N6O3.C4H8OS/c1-3-7-30-22(13-5-4-6-18(29)21(13)28)17(27)11-33-12(2)8-16(20(26)23(33)35)14-9-15(14)19-10-31-34(32-19)24(25,36)37;1-3-6-4-2-5-1/h3-8,10-11,14-15,36-37H,9,29H2,1-2H3;1-4H2/b7-3+,17-11-,30-22+;. The lowest BCUT2D eigenvalue weighted by molar-refractivity contribution is -0.169. The monoisotopic (exact) mass is 630 g/mol. The number of nitrogens with zero attached hydrogens (tertiary/aromatic N) is 5. The van der Waals surface area contributed by atoms with Crippen molar-refractivity contribution < 1.29 is 23.7 Å². The molecule has 3 heterocycles. The Labute approximate surface area is 257 Å². The molecule has 1 aliphatic heterocycles. The SMILES string of the molecule is C1CSCCO1.[B]C(O)(O)n1ncc(C2CC2c2cc(C)n(/C=C(F)/C(=N/C=C/C)c3cccc(N)c3F)c(=O)c2Cl)n1. The maximum atomic E-state index is 15.4. The Morgan fingerprint density at radius 3 is 2.63 bits per heavy atom. The van der Waals surface area contributed by atoms with Crippen LogP contribution in [0.15, 0.2) is 58.4 Å². The van der Waals surface area contributed by atoms with Gasteiger partial charge in [-0.3, -0.25) is 14.4 Å². The summed E-state index contributed by atoms with van der Waals surface area (Å²) >= 11 is 8.37. The van der Waals surface area contributed by atoms with Gasteiger partial charge in [0.1, 0.15) is 10.7 Å². The van der Waals surface area contributed by atoms with Gasteiger partial charge in [-0.1, -0.05) is 23.7 Å². The van der Waals surface area contributed by atoms with E-state index < -0.39 is 23.0 Å². The number of benzene rings is 1. The molecule has 1 saturated heterocycles. The molecule has 3 aromatic rings. The lowest BCUT2D eigenvalue weighted by Crippen LogP contribution is -2.35. The number of nitrogens with two attached hydrogens (primary N) is 1. The molecule has 2 aliphatic rings. The zero-order valence-electron chi connectivity index (χ0n) is 23.5. The minimum Gasteiger partial charge on any atom is -0.396 e. The average molecular weight is 631 g/mol. The van der Waals surface area contributed by atoms with E-state index in [0.29, 0.717) is 28.2 Å². The van der Waals surface area contributed by atoms with Crippen molar-refractivity contribution in [3.8, 4) is 0 Å². The fourth-order valence-electron chi connectivity index (χ4n) is 4.40. The van der Waals surface area contributed by atoms with E-state index in [1.807, 2.05) is 11.8 Å². The molecule has 2 unspecified atom stereocenters. The quantitative estimate of drug-likeness (QED) is 0.156. The molecule has 0 amide bonds. The molecule has 2 aromatic heterocycles. The Morgan fingerprint density at radius 1 is 1.33 bits per heavy atom. The number of halogens is 3. The predicted molar refractivity (Wildman–Crippen MR) is 164 cm³/mol. The van der Waals surface area contributed by atoms with Crippen molar-refractivity contribution in [2.75, 3.05) is 30.5 Å². The largest absolute Gasteiger partial charge is 0.396 e. The molecule has 226 valence electrons. The highest BCUT2D eigenvalue weighted by molar-refractivity contribution is 7.99. The Hall–Kier alpha value is -3.30. The highest BCUT2D eigenvalue weighted by atomic mass is 35.5. The van der Waals surface area contributed by atoms with Crippen LogP contribution in [0.5, 0.6) is 0 Å². The summed E-state index contributed by atoms with van der Waals surface area (Å²) < 4.78 is 36.1. The molecule has 0 spiro atoms. The van der Waals surface area contributed by atoms with Crippen molar-refractivity contribution in [2.24, 2.45) is 4.99 Å². The minimum atomic E-state index is -2.74. The van der Waals surface area contributed by atoms with Crippen LogP contribution in [0.25, 0.3) is 6.20 Å². The minimum absolute atomic E-state index is 0.117. The Kier molecular flexibility index (Phi) is 10.6. The molecule has 5 rings (SSSR count). The van der Waals surface area contributed by atoms with E-state index in [0.717, 1.165) is 24.0 Å². The summed E-state index contributed by atoms with van der Waals surface area (Å²) in [5.74, 6) is -2.53. The molecule has 2 atom stereocenters. The molecule has 1 aliphatic carbocycles. The number of anilines is 1. The number of nitrogen functional groups attached to an aromatic ring is 1. The van der Waals surface area contributed by atoms with Crippen molar-refractivity contribution in [1.82, 2.24) is 19.6 Å². The van der Waals surface area contributed by atoms with Gasteiger partial charge in [-0.25, -0.2) is 8.78 Å². The molecular formula is C28H30BClF2N6O4S. The summed E-state index contributed by atoms with van der Waals surface area (Å²) in [6.07, 6.45) is 5.66.